The minimum absolute atomic E-state index is 0.206. The van der Waals surface area contributed by atoms with Gasteiger partial charge in [0.15, 0.2) is 5.78 Å². The number of aryl methyl sites for hydroxylation is 1. The molecule has 0 fully saturated rings. The number of Topliss-reactive ketones (excluding diaryl/α,β-unsaturated/α-hetero) is 1. The maximum Gasteiger partial charge on any atom is 0.316 e. The standard InChI is InChI=1S/C18H18O3/c1-13-8-10-14(11-9-13)12-16(18(20)21-2)17(19)15-6-4-3-5-7-15/h3-11,16H,12H2,1-2H3. The molecule has 0 radical (unpaired) electrons. The molecular weight excluding hydrogens is 264 g/mol. The van der Waals surface area contributed by atoms with Crippen LogP contribution in [0.1, 0.15) is 21.5 Å². The summed E-state index contributed by atoms with van der Waals surface area (Å²) in [5.74, 6) is -1.51. The van der Waals surface area contributed by atoms with Gasteiger partial charge in [0.05, 0.1) is 7.11 Å². The highest BCUT2D eigenvalue weighted by molar-refractivity contribution is 6.08. The first-order valence-electron chi connectivity index (χ1n) is 6.84. The number of benzene rings is 2. The van der Waals surface area contributed by atoms with Crippen molar-refractivity contribution in [1.82, 2.24) is 0 Å². The Morgan fingerprint density at radius 1 is 1.00 bits per heavy atom. The molecule has 0 aromatic heterocycles. The summed E-state index contributed by atoms with van der Waals surface area (Å²) in [6, 6.07) is 16.6. The van der Waals surface area contributed by atoms with Crippen LogP contribution in [0.4, 0.5) is 0 Å². The maximum atomic E-state index is 12.5. The lowest BCUT2D eigenvalue weighted by Crippen LogP contribution is -2.27. The van der Waals surface area contributed by atoms with Crippen molar-refractivity contribution < 1.29 is 14.3 Å². The Kier molecular flexibility index (Phi) is 4.88. The number of ketones is 1. The fourth-order valence-corrected chi connectivity index (χ4v) is 2.19. The average Bonchev–Trinajstić information content (AvgIpc) is 2.54. The molecular formula is C18H18O3. The van der Waals surface area contributed by atoms with Crippen LogP contribution in [0.5, 0.6) is 0 Å². The molecule has 0 saturated heterocycles. The van der Waals surface area contributed by atoms with Gasteiger partial charge in [-0.05, 0) is 18.9 Å². The Morgan fingerprint density at radius 3 is 2.19 bits per heavy atom. The largest absolute Gasteiger partial charge is 0.468 e. The monoisotopic (exact) mass is 282 g/mol. The summed E-state index contributed by atoms with van der Waals surface area (Å²) in [6.07, 6.45) is 0.348. The Balaban J connectivity index is 2.24. The normalized spacial score (nSPS) is 11.7. The molecule has 21 heavy (non-hydrogen) atoms. The van der Waals surface area contributed by atoms with Crippen LogP contribution in [-0.2, 0) is 16.0 Å². The number of hydrogen-bond acceptors (Lipinski definition) is 3. The zero-order chi connectivity index (χ0) is 15.2. The van der Waals surface area contributed by atoms with Gasteiger partial charge in [-0.25, -0.2) is 0 Å². The van der Waals surface area contributed by atoms with Crippen molar-refractivity contribution in [3.63, 3.8) is 0 Å². The van der Waals surface area contributed by atoms with E-state index in [4.69, 9.17) is 4.74 Å². The van der Waals surface area contributed by atoms with Crippen molar-refractivity contribution in [3.05, 3.63) is 71.3 Å². The molecule has 0 heterocycles. The number of carbonyl (C=O) groups is 2. The summed E-state index contributed by atoms with van der Waals surface area (Å²) in [6.45, 7) is 2.00. The van der Waals surface area contributed by atoms with Crippen LogP contribution in [0.15, 0.2) is 54.6 Å². The van der Waals surface area contributed by atoms with Crippen LogP contribution >= 0.6 is 0 Å². The molecule has 0 spiro atoms. The van der Waals surface area contributed by atoms with Gasteiger partial charge in [-0.3, -0.25) is 9.59 Å². The van der Waals surface area contributed by atoms with E-state index in [0.29, 0.717) is 12.0 Å². The predicted molar refractivity (Wildman–Crippen MR) is 81.2 cm³/mol. The highest BCUT2D eigenvalue weighted by atomic mass is 16.5. The van der Waals surface area contributed by atoms with E-state index in [1.54, 1.807) is 24.3 Å². The molecule has 0 amide bonds. The summed E-state index contributed by atoms with van der Waals surface area (Å²) in [5.41, 5.74) is 2.61. The van der Waals surface area contributed by atoms with E-state index in [0.717, 1.165) is 11.1 Å². The number of carbonyl (C=O) groups excluding carboxylic acids is 2. The van der Waals surface area contributed by atoms with E-state index < -0.39 is 11.9 Å². The first-order valence-corrected chi connectivity index (χ1v) is 6.84. The molecule has 0 aliphatic heterocycles. The van der Waals surface area contributed by atoms with E-state index in [9.17, 15) is 9.59 Å². The van der Waals surface area contributed by atoms with Gasteiger partial charge in [0.25, 0.3) is 0 Å². The third-order valence-corrected chi connectivity index (χ3v) is 3.42. The topological polar surface area (TPSA) is 43.4 Å². The minimum Gasteiger partial charge on any atom is -0.468 e. The van der Waals surface area contributed by atoms with Gasteiger partial charge in [0.2, 0.25) is 0 Å². The van der Waals surface area contributed by atoms with E-state index >= 15 is 0 Å². The van der Waals surface area contributed by atoms with Crippen molar-refractivity contribution >= 4 is 11.8 Å². The van der Waals surface area contributed by atoms with Crippen LogP contribution in [0, 0.1) is 12.8 Å². The van der Waals surface area contributed by atoms with E-state index in [1.807, 2.05) is 37.3 Å². The lowest BCUT2D eigenvalue weighted by Gasteiger charge is -2.14. The summed E-state index contributed by atoms with van der Waals surface area (Å²) >= 11 is 0. The first-order chi connectivity index (χ1) is 10.1. The van der Waals surface area contributed by atoms with Crippen LogP contribution in [0.25, 0.3) is 0 Å². The van der Waals surface area contributed by atoms with Crippen molar-refractivity contribution in [2.24, 2.45) is 5.92 Å². The highest BCUT2D eigenvalue weighted by Gasteiger charge is 2.28. The molecule has 0 N–H and O–H groups in total. The third kappa shape index (κ3) is 3.78. The number of methoxy groups -OCH3 is 1. The lowest BCUT2D eigenvalue weighted by atomic mass is 9.91. The molecule has 2 aromatic rings. The molecule has 1 atom stereocenters. The summed E-state index contributed by atoms with van der Waals surface area (Å²) in [7, 11) is 1.31. The van der Waals surface area contributed by atoms with Gasteiger partial charge in [-0.2, -0.15) is 0 Å². The summed E-state index contributed by atoms with van der Waals surface area (Å²) in [5, 5.41) is 0. The predicted octanol–water partition coefficient (Wildman–Crippen LogP) is 3.21. The number of hydrogen-bond donors (Lipinski definition) is 0. The zero-order valence-electron chi connectivity index (χ0n) is 12.2. The Morgan fingerprint density at radius 2 is 1.62 bits per heavy atom. The first kappa shape index (κ1) is 15.0. The van der Waals surface area contributed by atoms with Gasteiger partial charge in [0, 0.05) is 5.56 Å². The lowest BCUT2D eigenvalue weighted by molar-refractivity contribution is -0.143. The van der Waals surface area contributed by atoms with Gasteiger partial charge in [-0.15, -0.1) is 0 Å². The zero-order valence-corrected chi connectivity index (χ0v) is 12.2. The van der Waals surface area contributed by atoms with Crippen LogP contribution in [0.2, 0.25) is 0 Å². The number of rotatable bonds is 5. The SMILES string of the molecule is COC(=O)C(Cc1ccc(C)cc1)C(=O)c1ccccc1. The Labute approximate surface area is 124 Å². The van der Waals surface area contributed by atoms with Gasteiger partial charge in [-0.1, -0.05) is 60.2 Å². The van der Waals surface area contributed by atoms with Crippen LogP contribution in [-0.4, -0.2) is 18.9 Å². The molecule has 1 unspecified atom stereocenters. The van der Waals surface area contributed by atoms with E-state index in [1.165, 1.54) is 7.11 Å². The van der Waals surface area contributed by atoms with Crippen molar-refractivity contribution in [3.8, 4) is 0 Å². The smallest absolute Gasteiger partial charge is 0.316 e. The second-order valence-electron chi connectivity index (χ2n) is 5.00. The van der Waals surface area contributed by atoms with Crippen molar-refractivity contribution in [2.45, 2.75) is 13.3 Å². The van der Waals surface area contributed by atoms with E-state index in [-0.39, 0.29) is 5.78 Å². The van der Waals surface area contributed by atoms with Crippen LogP contribution < -0.4 is 0 Å². The molecule has 3 nitrogen and oxygen atoms in total. The van der Waals surface area contributed by atoms with Gasteiger partial charge in [0.1, 0.15) is 5.92 Å². The molecule has 0 bridgehead atoms. The fourth-order valence-electron chi connectivity index (χ4n) is 2.19. The summed E-state index contributed by atoms with van der Waals surface area (Å²) < 4.78 is 4.79. The quantitative estimate of drug-likeness (QED) is 0.480. The molecule has 3 heteroatoms. The molecule has 0 aliphatic rings. The molecule has 108 valence electrons. The van der Waals surface area contributed by atoms with Crippen molar-refractivity contribution in [2.75, 3.05) is 7.11 Å². The van der Waals surface area contributed by atoms with Crippen molar-refractivity contribution in [1.29, 1.82) is 0 Å². The minimum atomic E-state index is -0.805. The molecule has 2 rings (SSSR count). The fraction of sp³-hybridized carbons (Fsp3) is 0.222. The molecule has 0 saturated carbocycles. The molecule has 0 aliphatic carbocycles. The van der Waals surface area contributed by atoms with E-state index in [2.05, 4.69) is 0 Å². The average molecular weight is 282 g/mol. The number of esters is 1. The second kappa shape index (κ2) is 6.84. The molecule has 2 aromatic carbocycles. The maximum absolute atomic E-state index is 12.5. The summed E-state index contributed by atoms with van der Waals surface area (Å²) in [4.78, 5) is 24.5. The number of ether oxygens (including phenoxy) is 1. The van der Waals surface area contributed by atoms with Gasteiger partial charge < -0.3 is 4.74 Å². The van der Waals surface area contributed by atoms with Crippen LogP contribution in [0.3, 0.4) is 0 Å². The Bertz CT molecular complexity index is 615. The van der Waals surface area contributed by atoms with Gasteiger partial charge >= 0.3 is 5.97 Å². The highest BCUT2D eigenvalue weighted by Crippen LogP contribution is 2.17. The third-order valence-electron chi connectivity index (χ3n) is 3.42. The Hall–Kier alpha value is -2.42. The second-order valence-corrected chi connectivity index (χ2v) is 5.00.